The average Bonchev–Trinajstić information content (AvgIpc) is 2.45. The molecule has 0 bridgehead atoms. The Morgan fingerprint density at radius 1 is 1.09 bits per heavy atom. The third-order valence-corrected chi connectivity index (χ3v) is 3.52. The lowest BCUT2D eigenvalue weighted by Crippen LogP contribution is -2.42. The smallest absolute Gasteiger partial charge is 0.326 e. The highest BCUT2D eigenvalue weighted by atomic mass is 16.4. The number of benzene rings is 2. The fraction of sp³-hybridized carbons (Fsp3) is 0.333. The lowest BCUT2D eigenvalue weighted by molar-refractivity contribution is -0.142. The second kappa shape index (κ2) is 7.07. The van der Waals surface area contributed by atoms with Crippen molar-refractivity contribution in [1.82, 2.24) is 5.32 Å². The molecule has 1 amide bonds. The molecule has 0 heterocycles. The number of nitrogens with one attached hydrogen (secondary N) is 1. The Morgan fingerprint density at radius 2 is 1.77 bits per heavy atom. The zero-order chi connectivity index (χ0) is 16.1. The van der Waals surface area contributed by atoms with Gasteiger partial charge in [0.05, 0.1) is 6.42 Å². The molecule has 22 heavy (non-hydrogen) atoms. The highest BCUT2D eigenvalue weighted by Crippen LogP contribution is 2.16. The molecular formula is C18H21NO3. The average molecular weight is 299 g/mol. The van der Waals surface area contributed by atoms with Gasteiger partial charge in [-0.25, -0.2) is 4.79 Å². The van der Waals surface area contributed by atoms with Crippen LogP contribution in [0.1, 0.15) is 25.8 Å². The van der Waals surface area contributed by atoms with Crippen molar-refractivity contribution in [3.05, 3.63) is 48.0 Å². The first-order valence-corrected chi connectivity index (χ1v) is 7.45. The maximum absolute atomic E-state index is 12.1. The van der Waals surface area contributed by atoms with Crippen LogP contribution in [0.25, 0.3) is 10.8 Å². The number of hydrogen-bond donors (Lipinski definition) is 2. The molecule has 0 aliphatic rings. The van der Waals surface area contributed by atoms with E-state index in [0.717, 1.165) is 16.3 Å². The molecule has 0 spiro atoms. The van der Waals surface area contributed by atoms with Gasteiger partial charge < -0.3 is 10.4 Å². The van der Waals surface area contributed by atoms with E-state index in [9.17, 15) is 9.59 Å². The van der Waals surface area contributed by atoms with Crippen LogP contribution in [0.3, 0.4) is 0 Å². The van der Waals surface area contributed by atoms with Gasteiger partial charge in [0.25, 0.3) is 0 Å². The van der Waals surface area contributed by atoms with Crippen molar-refractivity contribution in [2.75, 3.05) is 0 Å². The SMILES string of the molecule is CC(C)C[C@H](NC(=O)Cc1ccc2ccccc2c1)C(=O)O. The van der Waals surface area contributed by atoms with Crippen LogP contribution in [0.4, 0.5) is 0 Å². The van der Waals surface area contributed by atoms with Crippen molar-refractivity contribution >= 4 is 22.6 Å². The number of rotatable bonds is 6. The number of amides is 1. The summed E-state index contributed by atoms with van der Waals surface area (Å²) in [4.78, 5) is 23.3. The molecule has 0 fully saturated rings. The minimum absolute atomic E-state index is 0.187. The molecule has 0 aromatic heterocycles. The maximum Gasteiger partial charge on any atom is 0.326 e. The van der Waals surface area contributed by atoms with Gasteiger partial charge in [0, 0.05) is 0 Å². The Hall–Kier alpha value is -2.36. The number of aliphatic carboxylic acids is 1. The van der Waals surface area contributed by atoms with Crippen molar-refractivity contribution in [2.24, 2.45) is 5.92 Å². The molecule has 4 heteroatoms. The molecule has 0 saturated carbocycles. The first kappa shape index (κ1) is 16.0. The van der Waals surface area contributed by atoms with Crippen molar-refractivity contribution in [3.8, 4) is 0 Å². The first-order chi connectivity index (χ1) is 10.5. The van der Waals surface area contributed by atoms with Gasteiger partial charge in [0.15, 0.2) is 0 Å². The normalized spacial score (nSPS) is 12.3. The molecule has 2 N–H and O–H groups in total. The van der Waals surface area contributed by atoms with Crippen molar-refractivity contribution in [3.63, 3.8) is 0 Å². The number of hydrogen-bond acceptors (Lipinski definition) is 2. The minimum Gasteiger partial charge on any atom is -0.480 e. The second-order valence-electron chi connectivity index (χ2n) is 5.95. The van der Waals surface area contributed by atoms with Gasteiger partial charge in [-0.15, -0.1) is 0 Å². The van der Waals surface area contributed by atoms with Crippen LogP contribution in [-0.4, -0.2) is 23.0 Å². The third-order valence-electron chi connectivity index (χ3n) is 3.52. The van der Waals surface area contributed by atoms with Crippen molar-refractivity contribution < 1.29 is 14.7 Å². The summed E-state index contributed by atoms with van der Waals surface area (Å²) in [6.07, 6.45) is 0.617. The van der Waals surface area contributed by atoms with E-state index in [4.69, 9.17) is 5.11 Å². The molecule has 0 radical (unpaired) electrons. The quantitative estimate of drug-likeness (QED) is 0.861. The zero-order valence-electron chi connectivity index (χ0n) is 12.9. The molecule has 2 aromatic rings. The minimum atomic E-state index is -0.986. The van der Waals surface area contributed by atoms with Crippen molar-refractivity contribution in [1.29, 1.82) is 0 Å². The second-order valence-corrected chi connectivity index (χ2v) is 5.95. The molecule has 0 aliphatic heterocycles. The van der Waals surface area contributed by atoms with Crippen molar-refractivity contribution in [2.45, 2.75) is 32.7 Å². The Bertz CT molecular complexity index is 679. The van der Waals surface area contributed by atoms with Crippen LogP contribution in [0.2, 0.25) is 0 Å². The maximum atomic E-state index is 12.1. The molecule has 2 rings (SSSR count). The Kier molecular flexibility index (Phi) is 5.15. The summed E-state index contributed by atoms with van der Waals surface area (Å²) in [5, 5.41) is 14.0. The third kappa shape index (κ3) is 4.32. The summed E-state index contributed by atoms with van der Waals surface area (Å²) >= 11 is 0. The van der Waals surface area contributed by atoms with E-state index in [1.165, 1.54) is 0 Å². The fourth-order valence-electron chi connectivity index (χ4n) is 2.47. The van der Waals surface area contributed by atoms with E-state index >= 15 is 0 Å². The van der Waals surface area contributed by atoms with Crippen LogP contribution < -0.4 is 5.32 Å². The Balaban J connectivity index is 2.04. The monoisotopic (exact) mass is 299 g/mol. The first-order valence-electron chi connectivity index (χ1n) is 7.45. The topological polar surface area (TPSA) is 66.4 Å². The number of carbonyl (C=O) groups is 2. The van der Waals surface area contributed by atoms with E-state index in [2.05, 4.69) is 5.32 Å². The molecular weight excluding hydrogens is 278 g/mol. The van der Waals surface area contributed by atoms with E-state index in [-0.39, 0.29) is 18.2 Å². The summed E-state index contributed by atoms with van der Waals surface area (Å²) in [5.74, 6) is -1.04. The highest BCUT2D eigenvalue weighted by Gasteiger charge is 2.20. The summed E-state index contributed by atoms with van der Waals surface area (Å²) < 4.78 is 0. The summed E-state index contributed by atoms with van der Waals surface area (Å²) in [7, 11) is 0. The zero-order valence-corrected chi connectivity index (χ0v) is 12.9. The number of carboxylic acid groups (broad SMARTS) is 1. The Labute approximate surface area is 130 Å². The molecule has 0 unspecified atom stereocenters. The van der Waals surface area contributed by atoms with Gasteiger partial charge in [0.1, 0.15) is 6.04 Å². The lowest BCUT2D eigenvalue weighted by Gasteiger charge is -2.16. The lowest BCUT2D eigenvalue weighted by atomic mass is 10.0. The molecule has 4 nitrogen and oxygen atoms in total. The van der Waals surface area contributed by atoms with Crippen LogP contribution in [0.15, 0.2) is 42.5 Å². The van der Waals surface area contributed by atoms with Crippen LogP contribution >= 0.6 is 0 Å². The number of carboxylic acids is 1. The summed E-state index contributed by atoms with van der Waals surface area (Å²) in [6, 6.07) is 13.0. The van der Waals surface area contributed by atoms with Crippen LogP contribution in [0.5, 0.6) is 0 Å². The van der Waals surface area contributed by atoms with E-state index < -0.39 is 12.0 Å². The van der Waals surface area contributed by atoms with Crippen LogP contribution in [-0.2, 0) is 16.0 Å². The van der Waals surface area contributed by atoms with Gasteiger partial charge in [-0.05, 0) is 28.7 Å². The van der Waals surface area contributed by atoms with Gasteiger partial charge in [-0.2, -0.15) is 0 Å². The highest BCUT2D eigenvalue weighted by molar-refractivity contribution is 5.87. The fourth-order valence-corrected chi connectivity index (χ4v) is 2.47. The van der Waals surface area contributed by atoms with Gasteiger partial charge in [0.2, 0.25) is 5.91 Å². The van der Waals surface area contributed by atoms with E-state index in [1.54, 1.807) is 0 Å². The Morgan fingerprint density at radius 3 is 2.41 bits per heavy atom. The molecule has 1 atom stereocenters. The molecule has 2 aromatic carbocycles. The molecule has 0 saturated heterocycles. The predicted octanol–water partition coefficient (Wildman–Crippen LogP) is 3.00. The molecule has 116 valence electrons. The van der Waals surface area contributed by atoms with E-state index in [1.807, 2.05) is 56.3 Å². The van der Waals surface area contributed by atoms with Gasteiger partial charge in [-0.3, -0.25) is 4.79 Å². The summed E-state index contributed by atoms with van der Waals surface area (Å²) in [6.45, 7) is 3.87. The van der Waals surface area contributed by atoms with Gasteiger partial charge >= 0.3 is 5.97 Å². The number of fused-ring (bicyclic) bond motifs is 1. The predicted molar refractivity (Wildman–Crippen MR) is 86.7 cm³/mol. The van der Waals surface area contributed by atoms with Gasteiger partial charge in [-0.1, -0.05) is 56.3 Å². The number of carbonyl (C=O) groups excluding carboxylic acids is 1. The van der Waals surface area contributed by atoms with Crippen LogP contribution in [0, 0.1) is 5.92 Å². The molecule has 0 aliphatic carbocycles. The van der Waals surface area contributed by atoms with E-state index in [0.29, 0.717) is 6.42 Å². The largest absolute Gasteiger partial charge is 0.480 e. The summed E-state index contributed by atoms with van der Waals surface area (Å²) in [5.41, 5.74) is 0.880. The standard InChI is InChI=1S/C18H21NO3/c1-12(2)9-16(18(21)22)19-17(20)11-13-7-8-14-5-3-4-6-15(14)10-13/h3-8,10,12,16H,9,11H2,1-2H3,(H,19,20)(H,21,22)/t16-/m0/s1.